The van der Waals surface area contributed by atoms with Gasteiger partial charge in [0.1, 0.15) is 5.75 Å². The van der Waals surface area contributed by atoms with Crippen LogP contribution in [-0.2, 0) is 11.3 Å². The molecule has 16 heavy (non-hydrogen) atoms. The van der Waals surface area contributed by atoms with Gasteiger partial charge in [0.2, 0.25) is 0 Å². The van der Waals surface area contributed by atoms with Gasteiger partial charge < -0.3 is 20.5 Å². The Morgan fingerprint density at radius 1 is 1.56 bits per heavy atom. The third-order valence-corrected chi connectivity index (χ3v) is 2.12. The van der Waals surface area contributed by atoms with Crippen LogP contribution in [0.15, 0.2) is 18.2 Å². The Kier molecular flexibility index (Phi) is 2.63. The minimum atomic E-state index is -1.09. The Morgan fingerprint density at radius 2 is 2.38 bits per heavy atom. The Labute approximate surface area is 91.2 Å². The van der Waals surface area contributed by atoms with Crippen molar-refractivity contribution < 1.29 is 19.4 Å². The second-order valence-corrected chi connectivity index (χ2v) is 3.33. The van der Waals surface area contributed by atoms with Gasteiger partial charge in [0.25, 0.3) is 5.91 Å². The molecule has 6 nitrogen and oxygen atoms in total. The summed E-state index contributed by atoms with van der Waals surface area (Å²) >= 11 is 0. The Hall–Kier alpha value is -2.24. The van der Waals surface area contributed by atoms with Gasteiger partial charge in [0.05, 0.1) is 5.69 Å². The van der Waals surface area contributed by atoms with Crippen LogP contribution in [0.1, 0.15) is 5.56 Å². The number of fused-ring (bicyclic) bond motifs is 1. The van der Waals surface area contributed by atoms with Gasteiger partial charge in [-0.25, -0.2) is 4.79 Å². The van der Waals surface area contributed by atoms with Gasteiger partial charge in [-0.3, -0.25) is 4.79 Å². The second-order valence-electron chi connectivity index (χ2n) is 3.33. The zero-order chi connectivity index (χ0) is 11.5. The summed E-state index contributed by atoms with van der Waals surface area (Å²) in [5.41, 5.74) is 1.33. The van der Waals surface area contributed by atoms with Crippen molar-refractivity contribution in [3.8, 4) is 5.75 Å². The van der Waals surface area contributed by atoms with Crippen LogP contribution in [0.2, 0.25) is 0 Å². The Balaban J connectivity index is 2.14. The summed E-state index contributed by atoms with van der Waals surface area (Å²) in [4.78, 5) is 21.4. The van der Waals surface area contributed by atoms with Crippen LogP contribution in [0.5, 0.6) is 5.75 Å². The predicted octanol–water partition coefficient (Wildman–Crippen LogP) is 0.785. The van der Waals surface area contributed by atoms with Crippen molar-refractivity contribution in [3.05, 3.63) is 23.8 Å². The van der Waals surface area contributed by atoms with E-state index in [9.17, 15) is 9.59 Å². The molecule has 2 amide bonds. The number of hydrogen-bond donors (Lipinski definition) is 3. The van der Waals surface area contributed by atoms with Gasteiger partial charge in [0, 0.05) is 6.54 Å². The lowest BCUT2D eigenvalue weighted by atomic mass is 10.1. The highest BCUT2D eigenvalue weighted by Crippen LogP contribution is 2.28. The quantitative estimate of drug-likeness (QED) is 0.690. The lowest BCUT2D eigenvalue weighted by Gasteiger charge is -2.18. The van der Waals surface area contributed by atoms with Gasteiger partial charge >= 0.3 is 6.09 Å². The van der Waals surface area contributed by atoms with Crippen LogP contribution >= 0.6 is 0 Å². The highest BCUT2D eigenvalue weighted by atomic mass is 16.5. The molecular weight excluding hydrogens is 212 g/mol. The van der Waals surface area contributed by atoms with Crippen LogP contribution in [0.4, 0.5) is 10.5 Å². The molecule has 0 spiro atoms. The number of amides is 2. The predicted molar refractivity (Wildman–Crippen MR) is 55.4 cm³/mol. The molecule has 0 atom stereocenters. The van der Waals surface area contributed by atoms with E-state index in [1.54, 1.807) is 18.2 Å². The lowest BCUT2D eigenvalue weighted by Crippen LogP contribution is -2.26. The van der Waals surface area contributed by atoms with Crippen molar-refractivity contribution in [2.75, 3.05) is 11.9 Å². The number of carbonyl (C=O) groups is 2. The highest BCUT2D eigenvalue weighted by molar-refractivity contribution is 5.95. The van der Waals surface area contributed by atoms with Crippen LogP contribution in [0, 0.1) is 0 Å². The zero-order valence-corrected chi connectivity index (χ0v) is 8.32. The summed E-state index contributed by atoms with van der Waals surface area (Å²) < 4.78 is 5.17. The summed E-state index contributed by atoms with van der Waals surface area (Å²) in [7, 11) is 0. The number of benzene rings is 1. The fourth-order valence-electron chi connectivity index (χ4n) is 1.42. The molecule has 0 aliphatic carbocycles. The summed E-state index contributed by atoms with van der Waals surface area (Å²) in [5.74, 6) is 0.384. The largest absolute Gasteiger partial charge is 0.482 e. The maximum Gasteiger partial charge on any atom is 0.404 e. The third kappa shape index (κ3) is 2.22. The number of anilines is 1. The van der Waals surface area contributed by atoms with E-state index in [2.05, 4.69) is 10.6 Å². The fraction of sp³-hybridized carbons (Fsp3) is 0.200. The first kappa shape index (κ1) is 10.3. The van der Waals surface area contributed by atoms with E-state index >= 15 is 0 Å². The molecule has 0 saturated carbocycles. The van der Waals surface area contributed by atoms with Gasteiger partial charge in [-0.1, -0.05) is 6.07 Å². The molecule has 0 bridgehead atoms. The van der Waals surface area contributed by atoms with Crippen molar-refractivity contribution in [3.63, 3.8) is 0 Å². The maximum absolute atomic E-state index is 11.1. The average molecular weight is 222 g/mol. The minimum Gasteiger partial charge on any atom is -0.482 e. The molecule has 1 aliphatic heterocycles. The van der Waals surface area contributed by atoms with Crippen molar-refractivity contribution in [1.29, 1.82) is 0 Å². The molecule has 0 radical (unpaired) electrons. The highest BCUT2D eigenvalue weighted by Gasteiger charge is 2.15. The topological polar surface area (TPSA) is 87.7 Å². The molecule has 1 aliphatic rings. The summed E-state index contributed by atoms with van der Waals surface area (Å²) in [5, 5.41) is 13.3. The number of nitrogens with one attached hydrogen (secondary N) is 2. The molecular formula is C10H10N2O4. The molecule has 1 aromatic rings. The molecule has 84 valence electrons. The van der Waals surface area contributed by atoms with Crippen molar-refractivity contribution in [2.45, 2.75) is 6.54 Å². The standard InChI is InChI=1S/C10H10N2O4/c13-9-5-16-8-2-1-6(3-7(8)12-9)4-11-10(14)15/h1-3,11H,4-5H2,(H,12,13)(H,14,15). The number of rotatable bonds is 2. The maximum atomic E-state index is 11.1. The van der Waals surface area contributed by atoms with Crippen LogP contribution in [0.3, 0.4) is 0 Å². The minimum absolute atomic E-state index is 0.0136. The number of ether oxygens (including phenoxy) is 1. The van der Waals surface area contributed by atoms with Crippen LogP contribution < -0.4 is 15.4 Å². The number of carbonyl (C=O) groups excluding carboxylic acids is 1. The summed E-state index contributed by atoms with van der Waals surface area (Å²) in [6.07, 6.45) is -1.09. The normalized spacial score (nSPS) is 13.4. The molecule has 3 N–H and O–H groups in total. The third-order valence-electron chi connectivity index (χ3n) is 2.12. The first-order valence-electron chi connectivity index (χ1n) is 4.67. The monoisotopic (exact) mass is 222 g/mol. The van der Waals surface area contributed by atoms with Gasteiger partial charge in [0.15, 0.2) is 6.61 Å². The van der Waals surface area contributed by atoms with Crippen molar-refractivity contribution in [2.24, 2.45) is 0 Å². The van der Waals surface area contributed by atoms with Crippen molar-refractivity contribution >= 4 is 17.7 Å². The average Bonchev–Trinajstić information content (AvgIpc) is 2.25. The van der Waals surface area contributed by atoms with Gasteiger partial charge in [-0.15, -0.1) is 0 Å². The molecule has 0 unspecified atom stereocenters. The first-order valence-corrected chi connectivity index (χ1v) is 4.67. The fourth-order valence-corrected chi connectivity index (χ4v) is 1.42. The second kappa shape index (κ2) is 4.09. The van der Waals surface area contributed by atoms with E-state index in [1.807, 2.05) is 0 Å². The lowest BCUT2D eigenvalue weighted by molar-refractivity contribution is -0.118. The molecule has 0 aromatic heterocycles. The molecule has 2 rings (SSSR count). The van der Waals surface area contributed by atoms with E-state index in [1.165, 1.54) is 0 Å². The molecule has 0 saturated heterocycles. The van der Waals surface area contributed by atoms with E-state index in [-0.39, 0.29) is 19.1 Å². The van der Waals surface area contributed by atoms with E-state index in [4.69, 9.17) is 9.84 Å². The van der Waals surface area contributed by atoms with Crippen molar-refractivity contribution in [1.82, 2.24) is 5.32 Å². The smallest absolute Gasteiger partial charge is 0.404 e. The van der Waals surface area contributed by atoms with E-state index in [0.717, 1.165) is 5.56 Å². The zero-order valence-electron chi connectivity index (χ0n) is 8.32. The summed E-state index contributed by atoms with van der Waals surface area (Å²) in [6.45, 7) is 0.207. The van der Waals surface area contributed by atoms with E-state index < -0.39 is 6.09 Å². The first-order chi connectivity index (χ1) is 7.65. The molecule has 1 aromatic carbocycles. The Bertz CT molecular complexity index is 444. The van der Waals surface area contributed by atoms with Crippen LogP contribution in [-0.4, -0.2) is 23.7 Å². The van der Waals surface area contributed by atoms with Gasteiger partial charge in [-0.05, 0) is 17.7 Å². The van der Waals surface area contributed by atoms with Crippen LogP contribution in [0.25, 0.3) is 0 Å². The number of hydrogen-bond acceptors (Lipinski definition) is 3. The molecule has 1 heterocycles. The van der Waals surface area contributed by atoms with Gasteiger partial charge in [-0.2, -0.15) is 0 Å². The summed E-state index contributed by atoms with van der Waals surface area (Å²) in [6, 6.07) is 5.13. The van der Waals surface area contributed by atoms with E-state index in [0.29, 0.717) is 11.4 Å². The number of carboxylic acid groups (broad SMARTS) is 1. The molecule has 6 heteroatoms. The SMILES string of the molecule is O=C(O)NCc1ccc2c(c1)NC(=O)CO2. The Morgan fingerprint density at radius 3 is 3.12 bits per heavy atom. The molecule has 0 fully saturated rings.